The number of nitrogens with one attached hydrogen (secondary N) is 1. The van der Waals surface area contributed by atoms with Crippen molar-refractivity contribution in [2.45, 2.75) is 39.7 Å². The van der Waals surface area contributed by atoms with Gasteiger partial charge in [0.1, 0.15) is 0 Å². The average Bonchev–Trinajstić information content (AvgIpc) is 2.76. The SMILES string of the molecule is CC(=O)c1csc(C(=O)NC(C)(CC(=O)O)C(C)C)c1. The summed E-state index contributed by atoms with van der Waals surface area (Å²) in [4.78, 5) is 34.7. The normalized spacial score (nSPS) is 13.8. The standard InChI is InChI=1S/C14H19NO4S/c1-8(2)14(4,6-12(17)18)15-13(19)11-5-10(7-20-11)9(3)16/h5,7-8H,6H2,1-4H3,(H,15,19)(H,17,18). The number of carboxylic acids is 1. The molecule has 1 aromatic heterocycles. The molecule has 110 valence electrons. The Hall–Kier alpha value is -1.69. The Morgan fingerprint density at radius 2 is 2.00 bits per heavy atom. The van der Waals surface area contributed by atoms with Crippen LogP contribution in [0.2, 0.25) is 0 Å². The number of carboxylic acid groups (broad SMARTS) is 1. The van der Waals surface area contributed by atoms with Gasteiger partial charge >= 0.3 is 5.97 Å². The van der Waals surface area contributed by atoms with Gasteiger partial charge in [0.2, 0.25) is 0 Å². The smallest absolute Gasteiger partial charge is 0.305 e. The van der Waals surface area contributed by atoms with E-state index >= 15 is 0 Å². The van der Waals surface area contributed by atoms with Crippen molar-refractivity contribution >= 4 is 29.0 Å². The van der Waals surface area contributed by atoms with Gasteiger partial charge in [0.15, 0.2) is 5.78 Å². The summed E-state index contributed by atoms with van der Waals surface area (Å²) < 4.78 is 0. The first-order valence-electron chi connectivity index (χ1n) is 6.29. The third-order valence-corrected chi connectivity index (χ3v) is 4.35. The highest BCUT2D eigenvalue weighted by atomic mass is 32.1. The lowest BCUT2D eigenvalue weighted by atomic mass is 9.85. The van der Waals surface area contributed by atoms with Crippen LogP contribution in [-0.4, -0.2) is 28.3 Å². The van der Waals surface area contributed by atoms with Crippen LogP contribution in [0.3, 0.4) is 0 Å². The van der Waals surface area contributed by atoms with Gasteiger partial charge in [0, 0.05) is 10.9 Å². The van der Waals surface area contributed by atoms with E-state index in [2.05, 4.69) is 5.32 Å². The number of carbonyl (C=O) groups excluding carboxylic acids is 2. The third kappa shape index (κ3) is 3.90. The molecule has 20 heavy (non-hydrogen) atoms. The van der Waals surface area contributed by atoms with Crippen LogP contribution in [0.4, 0.5) is 0 Å². The van der Waals surface area contributed by atoms with E-state index in [1.54, 1.807) is 12.3 Å². The van der Waals surface area contributed by atoms with Gasteiger partial charge in [0.25, 0.3) is 5.91 Å². The first kappa shape index (κ1) is 16.4. The quantitative estimate of drug-likeness (QED) is 0.790. The fourth-order valence-corrected chi connectivity index (χ4v) is 2.51. The zero-order valence-electron chi connectivity index (χ0n) is 12.0. The number of rotatable bonds is 6. The van der Waals surface area contributed by atoms with Crippen molar-refractivity contribution in [3.63, 3.8) is 0 Å². The highest BCUT2D eigenvalue weighted by molar-refractivity contribution is 7.12. The molecule has 1 amide bonds. The highest BCUT2D eigenvalue weighted by Crippen LogP contribution is 2.23. The molecule has 0 bridgehead atoms. The van der Waals surface area contributed by atoms with Crippen molar-refractivity contribution in [2.75, 3.05) is 0 Å². The topological polar surface area (TPSA) is 83.5 Å². The van der Waals surface area contributed by atoms with Crippen LogP contribution in [-0.2, 0) is 4.79 Å². The second kappa shape index (κ2) is 6.17. The van der Waals surface area contributed by atoms with Crippen LogP contribution in [0.15, 0.2) is 11.4 Å². The minimum absolute atomic E-state index is 0.0326. The van der Waals surface area contributed by atoms with Crippen LogP contribution in [0, 0.1) is 5.92 Å². The van der Waals surface area contributed by atoms with Gasteiger partial charge in [0.05, 0.1) is 16.8 Å². The van der Waals surface area contributed by atoms with E-state index < -0.39 is 11.5 Å². The van der Waals surface area contributed by atoms with Crippen LogP contribution >= 0.6 is 11.3 Å². The minimum atomic E-state index is -0.961. The molecule has 0 aliphatic carbocycles. The molecule has 5 nitrogen and oxygen atoms in total. The van der Waals surface area contributed by atoms with Crippen LogP contribution in [0.1, 0.15) is 54.1 Å². The maximum absolute atomic E-state index is 12.2. The summed E-state index contributed by atoms with van der Waals surface area (Å²) in [7, 11) is 0. The number of hydrogen-bond acceptors (Lipinski definition) is 4. The first-order chi connectivity index (χ1) is 9.15. The van der Waals surface area contributed by atoms with Crippen molar-refractivity contribution in [3.05, 3.63) is 21.9 Å². The van der Waals surface area contributed by atoms with Crippen molar-refractivity contribution in [2.24, 2.45) is 5.92 Å². The van der Waals surface area contributed by atoms with E-state index in [4.69, 9.17) is 5.11 Å². The van der Waals surface area contributed by atoms with Gasteiger partial charge < -0.3 is 10.4 Å². The molecule has 1 unspecified atom stereocenters. The molecule has 1 aromatic rings. The molecule has 0 aromatic carbocycles. The largest absolute Gasteiger partial charge is 0.481 e. The summed E-state index contributed by atoms with van der Waals surface area (Å²) in [5.74, 6) is -1.44. The number of ketones is 1. The van der Waals surface area contributed by atoms with E-state index in [1.165, 1.54) is 24.3 Å². The Morgan fingerprint density at radius 3 is 2.40 bits per heavy atom. The molecule has 0 spiro atoms. The fourth-order valence-electron chi connectivity index (χ4n) is 1.67. The van der Waals surface area contributed by atoms with Crippen LogP contribution < -0.4 is 5.32 Å². The number of carbonyl (C=O) groups is 3. The van der Waals surface area contributed by atoms with Crippen LogP contribution in [0.5, 0.6) is 0 Å². The number of hydrogen-bond donors (Lipinski definition) is 2. The Bertz CT molecular complexity index is 535. The summed E-state index contributed by atoms with van der Waals surface area (Å²) in [5, 5.41) is 13.4. The molecule has 0 aliphatic rings. The lowest BCUT2D eigenvalue weighted by molar-refractivity contribution is -0.138. The summed E-state index contributed by atoms with van der Waals surface area (Å²) >= 11 is 1.18. The molecule has 0 saturated heterocycles. The maximum atomic E-state index is 12.2. The molecule has 2 N–H and O–H groups in total. The average molecular weight is 297 g/mol. The number of aliphatic carboxylic acids is 1. The summed E-state index contributed by atoms with van der Waals surface area (Å²) in [6.45, 7) is 6.87. The van der Waals surface area contributed by atoms with E-state index in [1.807, 2.05) is 13.8 Å². The lowest BCUT2D eigenvalue weighted by Crippen LogP contribution is -2.51. The second-order valence-electron chi connectivity index (χ2n) is 5.35. The van der Waals surface area contributed by atoms with Gasteiger partial charge in [-0.1, -0.05) is 13.8 Å². The monoisotopic (exact) mass is 297 g/mol. The molecule has 6 heteroatoms. The summed E-state index contributed by atoms with van der Waals surface area (Å²) in [6, 6.07) is 1.53. The molecule has 1 heterocycles. The van der Waals surface area contributed by atoms with E-state index in [0.29, 0.717) is 10.4 Å². The number of thiophene rings is 1. The molecule has 0 radical (unpaired) electrons. The maximum Gasteiger partial charge on any atom is 0.305 e. The third-order valence-electron chi connectivity index (χ3n) is 3.42. The molecule has 0 aliphatic heterocycles. The Balaban J connectivity index is 2.90. The van der Waals surface area contributed by atoms with E-state index in [-0.39, 0.29) is 24.0 Å². The number of amides is 1. The van der Waals surface area contributed by atoms with Crippen molar-refractivity contribution < 1.29 is 19.5 Å². The Labute approximate surface area is 122 Å². The van der Waals surface area contributed by atoms with Gasteiger partial charge in [-0.15, -0.1) is 11.3 Å². The van der Waals surface area contributed by atoms with E-state index in [0.717, 1.165) is 0 Å². The van der Waals surface area contributed by atoms with Crippen molar-refractivity contribution in [1.29, 1.82) is 0 Å². The van der Waals surface area contributed by atoms with Gasteiger partial charge in [-0.2, -0.15) is 0 Å². The van der Waals surface area contributed by atoms with E-state index in [9.17, 15) is 14.4 Å². The zero-order chi connectivity index (χ0) is 15.5. The molecular weight excluding hydrogens is 278 g/mol. The Kier molecular flexibility index (Phi) is 5.05. The first-order valence-corrected chi connectivity index (χ1v) is 7.17. The molecule has 0 fully saturated rings. The molecule has 1 rings (SSSR count). The predicted molar refractivity (Wildman–Crippen MR) is 77.3 cm³/mol. The second-order valence-corrected chi connectivity index (χ2v) is 6.26. The molecular formula is C14H19NO4S. The number of Topliss-reactive ketones (excluding diaryl/α,β-unsaturated/α-hetero) is 1. The highest BCUT2D eigenvalue weighted by Gasteiger charge is 2.33. The van der Waals surface area contributed by atoms with Crippen molar-refractivity contribution in [3.8, 4) is 0 Å². The molecule has 0 saturated carbocycles. The Morgan fingerprint density at radius 1 is 1.40 bits per heavy atom. The van der Waals surface area contributed by atoms with Crippen molar-refractivity contribution in [1.82, 2.24) is 5.32 Å². The van der Waals surface area contributed by atoms with Gasteiger partial charge in [-0.3, -0.25) is 14.4 Å². The predicted octanol–water partition coefficient (Wildman–Crippen LogP) is 2.57. The molecule has 1 atom stereocenters. The van der Waals surface area contributed by atoms with Gasteiger partial charge in [-0.25, -0.2) is 0 Å². The van der Waals surface area contributed by atoms with Crippen LogP contribution in [0.25, 0.3) is 0 Å². The fraction of sp³-hybridized carbons (Fsp3) is 0.500. The summed E-state index contributed by atoms with van der Waals surface area (Å²) in [5.41, 5.74) is -0.340. The summed E-state index contributed by atoms with van der Waals surface area (Å²) in [6.07, 6.45) is -0.151. The lowest BCUT2D eigenvalue weighted by Gasteiger charge is -2.33. The van der Waals surface area contributed by atoms with Gasteiger partial charge in [-0.05, 0) is 25.8 Å². The zero-order valence-corrected chi connectivity index (χ0v) is 12.8. The minimum Gasteiger partial charge on any atom is -0.481 e.